The number of anilines is 2. The van der Waals surface area contributed by atoms with Gasteiger partial charge in [-0.05, 0) is 31.2 Å². The van der Waals surface area contributed by atoms with Crippen LogP contribution in [0.15, 0.2) is 36.5 Å². The lowest BCUT2D eigenvalue weighted by atomic mass is 10.1. The third-order valence-electron chi connectivity index (χ3n) is 2.63. The summed E-state index contributed by atoms with van der Waals surface area (Å²) in [5.41, 5.74) is 2.93. The molecule has 0 spiro atoms. The van der Waals surface area contributed by atoms with Gasteiger partial charge in [-0.3, -0.25) is 4.98 Å². The van der Waals surface area contributed by atoms with E-state index < -0.39 is 0 Å². The van der Waals surface area contributed by atoms with Crippen LogP contribution >= 0.6 is 0 Å². The molecule has 0 aliphatic rings. The molecule has 0 amide bonds. The number of benzene rings is 1. The molecular weight excluding hydrogens is 226 g/mol. The minimum absolute atomic E-state index is 0.539. The first-order valence-electron chi connectivity index (χ1n) is 5.52. The summed E-state index contributed by atoms with van der Waals surface area (Å²) >= 11 is 0. The zero-order valence-electron chi connectivity index (χ0n) is 10.3. The van der Waals surface area contributed by atoms with Gasteiger partial charge in [0, 0.05) is 6.20 Å². The van der Waals surface area contributed by atoms with Gasteiger partial charge < -0.3 is 10.1 Å². The van der Waals surface area contributed by atoms with Crippen LogP contribution in [0.2, 0.25) is 0 Å². The second-order valence-electron chi connectivity index (χ2n) is 3.76. The van der Waals surface area contributed by atoms with E-state index in [9.17, 15) is 0 Å². The molecule has 0 unspecified atom stereocenters. The van der Waals surface area contributed by atoms with E-state index >= 15 is 0 Å². The van der Waals surface area contributed by atoms with Crippen LogP contribution < -0.4 is 10.1 Å². The van der Waals surface area contributed by atoms with Crippen LogP contribution in [0.1, 0.15) is 11.3 Å². The Morgan fingerprint density at radius 3 is 2.78 bits per heavy atom. The standard InChI is InChI=1S/C14H13N3O/c1-10-12(6-4-8-16-10)17-14-11(9-15)5-3-7-13(14)18-2/h3-8,17H,1-2H3. The number of aryl methyl sites for hydroxylation is 1. The SMILES string of the molecule is COc1cccc(C#N)c1Nc1cccnc1C. The number of para-hydroxylation sites is 1. The Hall–Kier alpha value is -2.54. The van der Waals surface area contributed by atoms with Crippen molar-refractivity contribution in [2.45, 2.75) is 6.92 Å². The summed E-state index contributed by atoms with van der Waals surface area (Å²) in [5.74, 6) is 0.636. The topological polar surface area (TPSA) is 57.9 Å². The van der Waals surface area contributed by atoms with Crippen LogP contribution in [0.5, 0.6) is 5.75 Å². The number of rotatable bonds is 3. The molecule has 4 nitrogen and oxygen atoms in total. The zero-order valence-corrected chi connectivity index (χ0v) is 10.3. The number of hydrogen-bond acceptors (Lipinski definition) is 4. The van der Waals surface area contributed by atoms with E-state index in [1.165, 1.54) is 0 Å². The first-order chi connectivity index (χ1) is 8.76. The van der Waals surface area contributed by atoms with E-state index in [2.05, 4.69) is 16.4 Å². The fourth-order valence-electron chi connectivity index (χ4n) is 1.67. The molecule has 1 aromatic carbocycles. The van der Waals surface area contributed by atoms with Gasteiger partial charge in [0.2, 0.25) is 0 Å². The van der Waals surface area contributed by atoms with Crippen molar-refractivity contribution in [3.05, 3.63) is 47.8 Å². The third kappa shape index (κ3) is 2.25. The Kier molecular flexibility index (Phi) is 3.44. The molecule has 1 heterocycles. The summed E-state index contributed by atoms with van der Waals surface area (Å²) in [6, 6.07) is 11.3. The lowest BCUT2D eigenvalue weighted by Gasteiger charge is -2.13. The number of hydrogen-bond donors (Lipinski definition) is 1. The van der Waals surface area contributed by atoms with Gasteiger partial charge in [-0.15, -0.1) is 0 Å². The van der Waals surface area contributed by atoms with Crippen LogP contribution in [0.25, 0.3) is 0 Å². The molecule has 0 atom stereocenters. The highest BCUT2D eigenvalue weighted by Gasteiger charge is 2.10. The predicted octanol–water partition coefficient (Wildman–Crippen LogP) is 3.01. The Morgan fingerprint density at radius 1 is 1.28 bits per heavy atom. The molecular formula is C14H13N3O. The first-order valence-corrected chi connectivity index (χ1v) is 5.52. The highest BCUT2D eigenvalue weighted by molar-refractivity contribution is 5.73. The van der Waals surface area contributed by atoms with Gasteiger partial charge in [-0.1, -0.05) is 6.07 Å². The van der Waals surface area contributed by atoms with Crippen molar-refractivity contribution in [3.63, 3.8) is 0 Å². The van der Waals surface area contributed by atoms with Crippen LogP contribution in [0.4, 0.5) is 11.4 Å². The molecule has 4 heteroatoms. The van der Waals surface area contributed by atoms with E-state index in [1.807, 2.05) is 25.1 Å². The molecule has 0 aliphatic heterocycles. The van der Waals surface area contributed by atoms with E-state index in [4.69, 9.17) is 10.00 Å². The van der Waals surface area contributed by atoms with Crippen molar-refractivity contribution >= 4 is 11.4 Å². The average Bonchev–Trinajstić information content (AvgIpc) is 2.41. The summed E-state index contributed by atoms with van der Waals surface area (Å²) in [6.07, 6.45) is 1.73. The molecule has 0 fully saturated rings. The normalized spacial score (nSPS) is 9.61. The predicted molar refractivity (Wildman–Crippen MR) is 70.0 cm³/mol. The van der Waals surface area contributed by atoms with Crippen LogP contribution in [-0.2, 0) is 0 Å². The molecule has 2 aromatic rings. The lowest BCUT2D eigenvalue weighted by molar-refractivity contribution is 0.416. The molecule has 0 aliphatic carbocycles. The van der Waals surface area contributed by atoms with Gasteiger partial charge in [0.15, 0.2) is 0 Å². The van der Waals surface area contributed by atoms with Crippen molar-refractivity contribution in [2.75, 3.05) is 12.4 Å². The summed E-state index contributed by atoms with van der Waals surface area (Å²) < 4.78 is 5.27. The van der Waals surface area contributed by atoms with Crippen LogP contribution in [0.3, 0.4) is 0 Å². The fraction of sp³-hybridized carbons (Fsp3) is 0.143. The maximum Gasteiger partial charge on any atom is 0.143 e. The lowest BCUT2D eigenvalue weighted by Crippen LogP contribution is -1.99. The molecule has 0 saturated heterocycles. The number of nitrogens with one attached hydrogen (secondary N) is 1. The Balaban J connectivity index is 2.46. The maximum atomic E-state index is 9.12. The second kappa shape index (κ2) is 5.19. The molecule has 0 radical (unpaired) electrons. The number of nitriles is 1. The van der Waals surface area contributed by atoms with Crippen molar-refractivity contribution in [3.8, 4) is 11.8 Å². The number of methoxy groups -OCH3 is 1. The van der Waals surface area contributed by atoms with E-state index in [-0.39, 0.29) is 0 Å². The first kappa shape index (κ1) is 11.9. The molecule has 0 saturated carbocycles. The Bertz CT molecular complexity index is 602. The summed E-state index contributed by atoms with van der Waals surface area (Å²) in [7, 11) is 1.58. The fourth-order valence-corrected chi connectivity index (χ4v) is 1.67. The van der Waals surface area contributed by atoms with Gasteiger partial charge in [-0.2, -0.15) is 5.26 Å². The van der Waals surface area contributed by atoms with E-state index in [1.54, 1.807) is 25.4 Å². The highest BCUT2D eigenvalue weighted by Crippen LogP contribution is 2.31. The Morgan fingerprint density at radius 2 is 2.11 bits per heavy atom. The number of ether oxygens (including phenoxy) is 1. The monoisotopic (exact) mass is 239 g/mol. The maximum absolute atomic E-state index is 9.12. The van der Waals surface area contributed by atoms with Crippen molar-refractivity contribution in [2.24, 2.45) is 0 Å². The van der Waals surface area contributed by atoms with Gasteiger partial charge in [0.1, 0.15) is 11.8 Å². The van der Waals surface area contributed by atoms with Crippen molar-refractivity contribution in [1.82, 2.24) is 4.98 Å². The summed E-state index contributed by atoms with van der Waals surface area (Å²) in [4.78, 5) is 4.20. The van der Waals surface area contributed by atoms with Gasteiger partial charge >= 0.3 is 0 Å². The summed E-state index contributed by atoms with van der Waals surface area (Å²) in [6.45, 7) is 1.91. The van der Waals surface area contributed by atoms with Gasteiger partial charge in [0.25, 0.3) is 0 Å². The zero-order chi connectivity index (χ0) is 13.0. The van der Waals surface area contributed by atoms with Gasteiger partial charge in [-0.25, -0.2) is 0 Å². The largest absolute Gasteiger partial charge is 0.495 e. The second-order valence-corrected chi connectivity index (χ2v) is 3.76. The number of nitrogens with zero attached hydrogens (tertiary/aromatic N) is 2. The third-order valence-corrected chi connectivity index (χ3v) is 2.63. The highest BCUT2D eigenvalue weighted by atomic mass is 16.5. The molecule has 1 N–H and O–H groups in total. The average molecular weight is 239 g/mol. The molecule has 1 aromatic heterocycles. The van der Waals surface area contributed by atoms with Crippen molar-refractivity contribution in [1.29, 1.82) is 5.26 Å². The van der Waals surface area contributed by atoms with Crippen molar-refractivity contribution < 1.29 is 4.74 Å². The number of pyridine rings is 1. The van der Waals surface area contributed by atoms with Gasteiger partial charge in [0.05, 0.1) is 29.7 Å². The molecule has 2 rings (SSSR count). The van der Waals surface area contributed by atoms with E-state index in [0.29, 0.717) is 17.0 Å². The van der Waals surface area contributed by atoms with Crippen LogP contribution in [-0.4, -0.2) is 12.1 Å². The Labute approximate surface area is 106 Å². The molecule has 18 heavy (non-hydrogen) atoms. The van der Waals surface area contributed by atoms with E-state index in [0.717, 1.165) is 11.4 Å². The van der Waals surface area contributed by atoms with Crippen LogP contribution in [0, 0.1) is 18.3 Å². The quantitative estimate of drug-likeness (QED) is 0.894. The minimum atomic E-state index is 0.539. The number of aromatic nitrogens is 1. The molecule has 0 bridgehead atoms. The summed E-state index contributed by atoms with van der Waals surface area (Å²) in [5, 5.41) is 12.3. The molecule has 90 valence electrons. The minimum Gasteiger partial charge on any atom is -0.495 e. The smallest absolute Gasteiger partial charge is 0.143 e.